The highest BCUT2D eigenvalue weighted by Crippen LogP contribution is 2.36. The number of likely N-dealkylation sites (N-methyl/N-ethyl adjacent to an activating group) is 2. The van der Waals surface area contributed by atoms with Crippen LogP contribution in [-0.2, 0) is 6.54 Å². The van der Waals surface area contributed by atoms with Crippen molar-refractivity contribution in [3.05, 3.63) is 54.9 Å². The molecule has 8 heteroatoms. The van der Waals surface area contributed by atoms with Crippen LogP contribution in [0, 0.1) is 0 Å². The van der Waals surface area contributed by atoms with E-state index in [0.29, 0.717) is 36.2 Å². The maximum absolute atomic E-state index is 7.52. The fourth-order valence-electron chi connectivity index (χ4n) is 4.01. The third-order valence-corrected chi connectivity index (χ3v) is 5.84. The number of nitrogens with one attached hydrogen (secondary N) is 1. The molecule has 4 aromatic rings. The summed E-state index contributed by atoms with van der Waals surface area (Å²) in [6, 6.07) is 13.8. The van der Waals surface area contributed by atoms with Gasteiger partial charge >= 0.3 is 0 Å². The summed E-state index contributed by atoms with van der Waals surface area (Å²) >= 11 is 0. The molecule has 178 valence electrons. The number of para-hydroxylation sites is 1. The van der Waals surface area contributed by atoms with Gasteiger partial charge in [-0.2, -0.15) is 0 Å². The van der Waals surface area contributed by atoms with Gasteiger partial charge in [0.05, 0.1) is 29.9 Å². The SMILES string of the molecule is [2H]C([2H])([2H])N(C)CCN(C)c1cc(OC)c(Nc2nccc(-c3cn(CC)c4ccccc34)n2)cc1N. The quantitative estimate of drug-likeness (QED) is 0.356. The number of aryl methyl sites for hydroxylation is 1. The summed E-state index contributed by atoms with van der Waals surface area (Å²) in [5.74, 6) is 0.987. The molecule has 0 fully saturated rings. The van der Waals surface area contributed by atoms with Crippen LogP contribution in [0.4, 0.5) is 23.0 Å². The number of hydrogen-bond donors (Lipinski definition) is 2. The van der Waals surface area contributed by atoms with E-state index in [2.05, 4.69) is 40.1 Å². The second kappa shape index (κ2) is 10.0. The van der Waals surface area contributed by atoms with Gasteiger partial charge in [0.25, 0.3) is 0 Å². The third kappa shape index (κ3) is 4.77. The zero-order chi connectivity index (χ0) is 26.7. The van der Waals surface area contributed by atoms with Crippen molar-refractivity contribution in [3.8, 4) is 17.0 Å². The Labute approximate surface area is 205 Å². The average molecular weight is 463 g/mol. The number of nitrogens with two attached hydrogens (primary N) is 1. The maximum atomic E-state index is 7.52. The largest absolute Gasteiger partial charge is 0.494 e. The van der Waals surface area contributed by atoms with Crippen LogP contribution in [0.15, 0.2) is 54.9 Å². The molecule has 8 nitrogen and oxygen atoms in total. The summed E-state index contributed by atoms with van der Waals surface area (Å²) in [6.07, 6.45) is 3.84. The highest BCUT2D eigenvalue weighted by atomic mass is 16.5. The number of aromatic nitrogens is 3. The van der Waals surface area contributed by atoms with E-state index in [-0.39, 0.29) is 0 Å². The van der Waals surface area contributed by atoms with Crippen LogP contribution in [0.3, 0.4) is 0 Å². The van der Waals surface area contributed by atoms with Crippen LogP contribution in [0.2, 0.25) is 0 Å². The van der Waals surface area contributed by atoms with Crippen molar-refractivity contribution in [2.45, 2.75) is 13.5 Å². The first-order chi connectivity index (χ1) is 17.6. The van der Waals surface area contributed by atoms with Gasteiger partial charge in [-0.15, -0.1) is 0 Å². The molecule has 0 aliphatic heterocycles. The van der Waals surface area contributed by atoms with Gasteiger partial charge in [0.2, 0.25) is 5.95 Å². The molecule has 0 bridgehead atoms. The molecule has 0 unspecified atom stereocenters. The zero-order valence-electron chi connectivity index (χ0n) is 23.0. The molecule has 34 heavy (non-hydrogen) atoms. The predicted octanol–water partition coefficient (Wildman–Crippen LogP) is 4.45. The Morgan fingerprint density at radius 2 is 2.00 bits per heavy atom. The molecule has 2 aromatic carbocycles. The van der Waals surface area contributed by atoms with E-state index in [1.165, 1.54) is 4.90 Å². The summed E-state index contributed by atoms with van der Waals surface area (Å²) < 4.78 is 30.4. The first kappa shape index (κ1) is 19.7. The fourth-order valence-corrected chi connectivity index (χ4v) is 4.01. The van der Waals surface area contributed by atoms with E-state index in [9.17, 15) is 0 Å². The number of rotatable bonds is 9. The van der Waals surface area contributed by atoms with Crippen molar-refractivity contribution in [3.63, 3.8) is 0 Å². The summed E-state index contributed by atoms with van der Waals surface area (Å²) in [5.41, 5.74) is 11.3. The highest BCUT2D eigenvalue weighted by molar-refractivity contribution is 5.95. The summed E-state index contributed by atoms with van der Waals surface area (Å²) in [6.45, 7) is 1.67. The number of nitrogen functional groups attached to an aromatic ring is 1. The van der Waals surface area contributed by atoms with Crippen LogP contribution in [0.25, 0.3) is 22.2 Å². The molecular weight excluding hydrogens is 426 g/mol. The van der Waals surface area contributed by atoms with E-state index in [1.807, 2.05) is 36.2 Å². The van der Waals surface area contributed by atoms with Gasteiger partial charge in [0.15, 0.2) is 0 Å². The standard InChI is InChI=1S/C26H33N7O/c1-6-33-17-19(18-9-7-8-10-23(18)33)21-11-12-28-26(29-21)30-22-15-20(27)24(16-25(22)34-5)32(4)14-13-31(2)3/h7-12,15-17H,6,13-14,27H2,1-5H3,(H,28,29,30)/i2D3. The Hall–Kier alpha value is -3.78. The van der Waals surface area contributed by atoms with Crippen LogP contribution >= 0.6 is 0 Å². The number of nitrogens with zero attached hydrogens (tertiary/aromatic N) is 5. The first-order valence-electron chi connectivity index (χ1n) is 12.7. The van der Waals surface area contributed by atoms with Gasteiger partial charge in [-0.1, -0.05) is 18.2 Å². The lowest BCUT2D eigenvalue weighted by atomic mass is 10.1. The summed E-state index contributed by atoms with van der Waals surface area (Å²) in [4.78, 5) is 12.4. The molecule has 0 amide bonds. The second-order valence-electron chi connectivity index (χ2n) is 8.19. The predicted molar refractivity (Wildman–Crippen MR) is 141 cm³/mol. The van der Waals surface area contributed by atoms with Gasteiger partial charge in [-0.05, 0) is 39.1 Å². The molecule has 0 radical (unpaired) electrons. The summed E-state index contributed by atoms with van der Waals surface area (Å²) in [7, 11) is 5.02. The van der Waals surface area contributed by atoms with E-state index in [4.69, 9.17) is 19.6 Å². The second-order valence-corrected chi connectivity index (χ2v) is 8.19. The van der Waals surface area contributed by atoms with Gasteiger partial charge in [-0.25, -0.2) is 9.97 Å². The van der Waals surface area contributed by atoms with Crippen molar-refractivity contribution in [2.24, 2.45) is 0 Å². The van der Waals surface area contributed by atoms with E-state index < -0.39 is 6.98 Å². The molecule has 0 saturated carbocycles. The van der Waals surface area contributed by atoms with Gasteiger partial charge in [0, 0.05) is 65.7 Å². The molecule has 4 rings (SSSR count). The number of hydrogen-bond acceptors (Lipinski definition) is 7. The van der Waals surface area contributed by atoms with Crippen LogP contribution in [0.1, 0.15) is 11.0 Å². The van der Waals surface area contributed by atoms with Crippen molar-refractivity contribution in [1.82, 2.24) is 19.4 Å². The molecule has 0 aliphatic carbocycles. The van der Waals surface area contributed by atoms with Gasteiger partial charge < -0.3 is 30.2 Å². The van der Waals surface area contributed by atoms with Gasteiger partial charge in [-0.3, -0.25) is 0 Å². The summed E-state index contributed by atoms with van der Waals surface area (Å²) in [5, 5.41) is 4.38. The molecule has 2 aromatic heterocycles. The lowest BCUT2D eigenvalue weighted by molar-refractivity contribution is 0.413. The van der Waals surface area contributed by atoms with Crippen molar-refractivity contribution in [2.75, 3.05) is 57.2 Å². The van der Waals surface area contributed by atoms with Crippen molar-refractivity contribution in [1.29, 1.82) is 0 Å². The Morgan fingerprint density at radius 3 is 2.76 bits per heavy atom. The lowest BCUT2D eigenvalue weighted by Gasteiger charge is -2.24. The monoisotopic (exact) mass is 462 g/mol. The normalized spacial score (nSPS) is 12.9. The topological polar surface area (TPSA) is 84.5 Å². The number of methoxy groups -OCH3 is 1. The zero-order valence-corrected chi connectivity index (χ0v) is 20.0. The van der Waals surface area contributed by atoms with Crippen molar-refractivity contribution >= 4 is 33.9 Å². The average Bonchev–Trinajstić information content (AvgIpc) is 3.26. The number of anilines is 4. The van der Waals surface area contributed by atoms with Crippen LogP contribution < -0.4 is 20.7 Å². The molecule has 0 spiro atoms. The minimum absolute atomic E-state index is 0.351. The first-order valence-corrected chi connectivity index (χ1v) is 11.2. The smallest absolute Gasteiger partial charge is 0.227 e. The Kier molecular flexibility index (Phi) is 5.79. The molecule has 0 atom stereocenters. The maximum Gasteiger partial charge on any atom is 0.227 e. The highest BCUT2D eigenvalue weighted by Gasteiger charge is 2.15. The number of ether oxygens (including phenoxy) is 1. The Balaban J connectivity index is 1.59. The van der Waals surface area contributed by atoms with Gasteiger partial charge in [0.1, 0.15) is 5.75 Å². The van der Waals surface area contributed by atoms with Crippen LogP contribution in [0.5, 0.6) is 5.75 Å². The van der Waals surface area contributed by atoms with E-state index in [0.717, 1.165) is 34.4 Å². The Morgan fingerprint density at radius 1 is 1.18 bits per heavy atom. The minimum atomic E-state index is -2.14. The minimum Gasteiger partial charge on any atom is -0.494 e. The van der Waals surface area contributed by atoms with Crippen molar-refractivity contribution < 1.29 is 8.85 Å². The lowest BCUT2D eigenvalue weighted by Crippen LogP contribution is -2.29. The molecule has 0 aliphatic rings. The molecule has 2 heterocycles. The fraction of sp³-hybridized carbons (Fsp3) is 0.308. The Bertz CT molecular complexity index is 1390. The third-order valence-electron chi connectivity index (χ3n) is 5.84. The van der Waals surface area contributed by atoms with Crippen LogP contribution in [-0.4, -0.2) is 60.7 Å². The molecular formula is C26H33N7O. The van der Waals surface area contributed by atoms with E-state index in [1.54, 1.807) is 26.4 Å². The molecule has 0 saturated heterocycles. The number of benzene rings is 2. The van der Waals surface area contributed by atoms with E-state index >= 15 is 0 Å². The number of fused-ring (bicyclic) bond motifs is 1. The molecule has 3 N–H and O–H groups in total.